The Morgan fingerprint density at radius 1 is 1.22 bits per heavy atom. The number of oxime groups is 1. The van der Waals surface area contributed by atoms with Crippen molar-refractivity contribution in [3.8, 4) is 0 Å². The van der Waals surface area contributed by atoms with Crippen LogP contribution in [0.4, 0.5) is 0 Å². The third kappa shape index (κ3) is 4.59. The van der Waals surface area contributed by atoms with E-state index in [2.05, 4.69) is 10.1 Å². The molecule has 0 bridgehead atoms. The monoisotopic (exact) mass is 408 g/mol. The van der Waals surface area contributed by atoms with E-state index in [1.165, 1.54) is 12.1 Å². The van der Waals surface area contributed by atoms with Gasteiger partial charge in [0.05, 0.1) is 15.6 Å². The molecule has 8 heteroatoms. The first-order valence-electron chi connectivity index (χ1n) is 8.70. The molecule has 0 saturated heterocycles. The molecule has 1 aromatic carbocycles. The highest BCUT2D eigenvalue weighted by Crippen LogP contribution is 2.25. The van der Waals surface area contributed by atoms with Crippen molar-refractivity contribution < 1.29 is 13.3 Å². The maximum absolute atomic E-state index is 12.0. The molecule has 1 fully saturated rings. The largest absolute Gasteiger partial charge is 0.392 e. The maximum Gasteiger partial charge on any atom is 0.251 e. The number of nitrogens with one attached hydrogen (secondary N) is 1. The van der Waals surface area contributed by atoms with E-state index < -0.39 is 9.84 Å². The van der Waals surface area contributed by atoms with Crippen molar-refractivity contribution in [1.29, 1.82) is 0 Å². The predicted octanol–water partition coefficient (Wildman–Crippen LogP) is 3.45. The van der Waals surface area contributed by atoms with Gasteiger partial charge in [0.1, 0.15) is 11.8 Å². The quantitative estimate of drug-likeness (QED) is 0.606. The summed E-state index contributed by atoms with van der Waals surface area (Å²) in [5.41, 5.74) is 1.80. The summed E-state index contributed by atoms with van der Waals surface area (Å²) in [7, 11) is -3.44. The summed E-state index contributed by atoms with van der Waals surface area (Å²) in [6.07, 6.45) is 5.23. The number of aromatic amines is 1. The van der Waals surface area contributed by atoms with Crippen molar-refractivity contribution in [1.82, 2.24) is 4.98 Å². The molecule has 0 unspecified atom stereocenters. The van der Waals surface area contributed by atoms with Gasteiger partial charge in [-0.15, -0.1) is 0 Å². The van der Waals surface area contributed by atoms with Crippen LogP contribution in [0, 0.1) is 6.92 Å². The Bertz CT molecular complexity index is 1040. The van der Waals surface area contributed by atoms with Crippen LogP contribution in [-0.4, -0.2) is 31.5 Å². The van der Waals surface area contributed by atoms with Gasteiger partial charge in [-0.3, -0.25) is 4.79 Å². The van der Waals surface area contributed by atoms with Crippen LogP contribution in [0.2, 0.25) is 5.02 Å². The van der Waals surface area contributed by atoms with Crippen LogP contribution in [0.15, 0.2) is 45.2 Å². The number of aryl methyl sites for hydroxylation is 1. The molecule has 1 aliphatic rings. The Morgan fingerprint density at radius 3 is 2.52 bits per heavy atom. The van der Waals surface area contributed by atoms with Crippen LogP contribution in [0.1, 0.15) is 42.5 Å². The Labute approximate surface area is 163 Å². The van der Waals surface area contributed by atoms with Gasteiger partial charge in [-0.25, -0.2) is 8.42 Å². The first-order valence-corrected chi connectivity index (χ1v) is 11.0. The van der Waals surface area contributed by atoms with Gasteiger partial charge in [0.25, 0.3) is 5.56 Å². The molecule has 27 heavy (non-hydrogen) atoms. The van der Waals surface area contributed by atoms with Crippen molar-refractivity contribution in [3.05, 3.63) is 62.5 Å². The minimum Gasteiger partial charge on any atom is -0.392 e. The highest BCUT2D eigenvalue weighted by atomic mass is 35.5. The molecule has 2 aromatic rings. The zero-order chi connectivity index (χ0) is 19.6. The molecule has 0 radical (unpaired) electrons. The minimum atomic E-state index is -3.44. The van der Waals surface area contributed by atoms with Gasteiger partial charge in [-0.1, -0.05) is 28.9 Å². The number of nitrogens with zero attached hydrogens (tertiary/aromatic N) is 1. The van der Waals surface area contributed by atoms with E-state index >= 15 is 0 Å². The first-order chi connectivity index (χ1) is 12.8. The minimum absolute atomic E-state index is 0.0429. The summed E-state index contributed by atoms with van der Waals surface area (Å²) >= 11 is 6.18. The van der Waals surface area contributed by atoms with Crippen LogP contribution in [0.25, 0.3) is 0 Å². The van der Waals surface area contributed by atoms with Crippen LogP contribution in [-0.2, 0) is 14.7 Å². The van der Waals surface area contributed by atoms with E-state index in [4.69, 9.17) is 16.4 Å². The van der Waals surface area contributed by atoms with Crippen LogP contribution >= 0.6 is 11.6 Å². The normalized spacial score (nSPS) is 15.9. The highest BCUT2D eigenvalue weighted by Gasteiger charge is 2.19. The van der Waals surface area contributed by atoms with Crippen molar-refractivity contribution >= 4 is 27.1 Å². The Morgan fingerprint density at radius 2 is 1.93 bits per heavy atom. The van der Waals surface area contributed by atoms with E-state index in [-0.39, 0.29) is 21.6 Å². The molecule has 1 N–H and O–H groups in total. The lowest BCUT2D eigenvalue weighted by Gasteiger charge is -2.12. The van der Waals surface area contributed by atoms with Crippen LogP contribution < -0.4 is 5.56 Å². The first kappa shape index (κ1) is 19.6. The molecule has 0 amide bonds. The molecule has 0 atom stereocenters. The average Bonchev–Trinajstić information content (AvgIpc) is 3.10. The fraction of sp³-hybridized carbons (Fsp3) is 0.368. The van der Waals surface area contributed by atoms with Gasteiger partial charge >= 0.3 is 0 Å². The Kier molecular flexibility index (Phi) is 5.72. The number of sulfone groups is 1. The zero-order valence-corrected chi connectivity index (χ0v) is 16.7. The summed E-state index contributed by atoms with van der Waals surface area (Å²) in [4.78, 5) is 20.5. The van der Waals surface area contributed by atoms with E-state index in [9.17, 15) is 13.2 Å². The summed E-state index contributed by atoms with van der Waals surface area (Å²) in [5, 5.41) is 4.38. The lowest BCUT2D eigenvalue weighted by molar-refractivity contribution is 0.0647. The lowest BCUT2D eigenvalue weighted by atomic mass is 10.1. The third-order valence-corrected chi connectivity index (χ3v) is 6.14. The molecule has 1 heterocycles. The Balaban J connectivity index is 2.06. The maximum atomic E-state index is 12.0. The van der Waals surface area contributed by atoms with E-state index in [0.717, 1.165) is 31.9 Å². The molecule has 0 spiro atoms. The summed E-state index contributed by atoms with van der Waals surface area (Å²) < 4.78 is 23.6. The molecule has 1 aromatic heterocycles. The van der Waals surface area contributed by atoms with Crippen molar-refractivity contribution in [3.63, 3.8) is 0 Å². The number of benzene rings is 1. The molecule has 0 aliphatic heterocycles. The second-order valence-electron chi connectivity index (χ2n) is 6.75. The SMILES string of the molecule is Cc1ccc(C(=NOC2CCCC2)c2ccc(S(C)(=O)=O)c(Cl)c2)[nH]c1=O. The van der Waals surface area contributed by atoms with Crippen molar-refractivity contribution in [2.45, 2.75) is 43.6 Å². The Hall–Kier alpha value is -2.12. The van der Waals surface area contributed by atoms with E-state index in [1.54, 1.807) is 25.1 Å². The molecule has 1 saturated carbocycles. The number of hydrogen-bond acceptors (Lipinski definition) is 5. The lowest BCUT2D eigenvalue weighted by Crippen LogP contribution is -2.17. The smallest absolute Gasteiger partial charge is 0.251 e. The fourth-order valence-corrected chi connectivity index (χ4v) is 4.34. The van der Waals surface area contributed by atoms with Gasteiger partial charge in [0.15, 0.2) is 9.84 Å². The predicted molar refractivity (Wildman–Crippen MR) is 105 cm³/mol. The number of H-pyrrole nitrogens is 1. The standard InChI is InChI=1S/C19H21ClN2O4S/c1-12-7-9-16(21-19(12)23)18(22-26-14-5-3-4-6-14)13-8-10-17(15(20)11-13)27(2,24)25/h7-11,14H,3-6H2,1-2H3,(H,21,23). The molecule has 1 aliphatic carbocycles. The summed E-state index contributed by atoms with van der Waals surface area (Å²) in [6, 6.07) is 8.01. The topological polar surface area (TPSA) is 88.6 Å². The van der Waals surface area contributed by atoms with Gasteiger partial charge < -0.3 is 9.82 Å². The van der Waals surface area contributed by atoms with Gasteiger partial charge in [0, 0.05) is 17.4 Å². The summed E-state index contributed by atoms with van der Waals surface area (Å²) in [6.45, 7) is 1.71. The molecular weight excluding hydrogens is 388 g/mol. The number of halogens is 1. The van der Waals surface area contributed by atoms with E-state index in [1.807, 2.05) is 0 Å². The average molecular weight is 409 g/mol. The van der Waals surface area contributed by atoms with Crippen LogP contribution in [0.3, 0.4) is 0 Å². The third-order valence-electron chi connectivity index (χ3n) is 4.56. The van der Waals surface area contributed by atoms with Gasteiger partial charge in [0.2, 0.25) is 0 Å². The summed E-state index contributed by atoms with van der Waals surface area (Å²) in [5.74, 6) is 0. The second kappa shape index (κ2) is 7.86. The van der Waals surface area contributed by atoms with Crippen LogP contribution in [0.5, 0.6) is 0 Å². The highest BCUT2D eigenvalue weighted by molar-refractivity contribution is 7.90. The van der Waals surface area contributed by atoms with Gasteiger partial charge in [-0.2, -0.15) is 0 Å². The molecule has 144 valence electrons. The molecule has 3 rings (SSSR count). The van der Waals surface area contributed by atoms with Crippen molar-refractivity contribution in [2.24, 2.45) is 5.16 Å². The van der Waals surface area contributed by atoms with Crippen molar-refractivity contribution in [2.75, 3.05) is 6.26 Å². The second-order valence-corrected chi connectivity index (χ2v) is 9.14. The van der Waals surface area contributed by atoms with Gasteiger partial charge in [-0.05, 0) is 50.8 Å². The number of aromatic nitrogens is 1. The number of pyridine rings is 1. The molecular formula is C19H21ClN2O4S. The number of rotatable bonds is 5. The zero-order valence-electron chi connectivity index (χ0n) is 15.2. The molecule has 6 nitrogen and oxygen atoms in total. The van der Waals surface area contributed by atoms with E-state index in [0.29, 0.717) is 22.5 Å². The fourth-order valence-electron chi connectivity index (χ4n) is 3.01. The number of hydrogen-bond donors (Lipinski definition) is 1.